The number of anilines is 1. The summed E-state index contributed by atoms with van der Waals surface area (Å²) in [5.41, 5.74) is 9.32. The van der Waals surface area contributed by atoms with Crippen LogP contribution in [0.3, 0.4) is 0 Å². The monoisotopic (exact) mass is 293 g/mol. The van der Waals surface area contributed by atoms with Crippen molar-refractivity contribution in [3.63, 3.8) is 0 Å². The number of para-hydroxylation sites is 1. The van der Waals surface area contributed by atoms with Gasteiger partial charge in [0.15, 0.2) is 0 Å². The number of rotatable bonds is 5. The number of nitrogens with zero attached hydrogens (tertiary/aromatic N) is 1. The molecule has 4 heteroatoms. The molecule has 3 aromatic rings. The van der Waals surface area contributed by atoms with E-state index in [1.807, 2.05) is 60.7 Å². The smallest absolute Gasteiger partial charge is 0.0834 e. The highest BCUT2D eigenvalue weighted by Crippen LogP contribution is 2.28. The van der Waals surface area contributed by atoms with Crippen LogP contribution in [0, 0.1) is 0 Å². The van der Waals surface area contributed by atoms with Gasteiger partial charge in [-0.3, -0.25) is 0 Å². The van der Waals surface area contributed by atoms with Crippen LogP contribution in [0.25, 0.3) is 22.2 Å². The summed E-state index contributed by atoms with van der Waals surface area (Å²) in [6.45, 7) is 0.653. The van der Waals surface area contributed by atoms with Crippen LogP contribution in [-0.2, 0) is 0 Å². The molecule has 4 N–H and O–H groups in total. The molecule has 0 saturated carbocycles. The number of benzene rings is 2. The van der Waals surface area contributed by atoms with Crippen molar-refractivity contribution in [2.75, 3.05) is 18.4 Å². The Morgan fingerprint density at radius 2 is 1.77 bits per heavy atom. The number of fused-ring (bicyclic) bond motifs is 1. The molecule has 0 amide bonds. The minimum Gasteiger partial charge on any atom is -0.390 e. The third-order valence-corrected chi connectivity index (χ3v) is 3.59. The summed E-state index contributed by atoms with van der Waals surface area (Å²) in [5, 5.41) is 14.0. The number of pyridine rings is 1. The Labute approximate surface area is 129 Å². The molecule has 0 radical (unpaired) electrons. The maximum atomic E-state index is 9.67. The third kappa shape index (κ3) is 3.08. The van der Waals surface area contributed by atoms with Crippen LogP contribution in [-0.4, -0.2) is 29.3 Å². The molecule has 3 rings (SSSR count). The van der Waals surface area contributed by atoms with Crippen LogP contribution >= 0.6 is 0 Å². The lowest BCUT2D eigenvalue weighted by Crippen LogP contribution is -2.27. The maximum absolute atomic E-state index is 9.67. The summed E-state index contributed by atoms with van der Waals surface area (Å²) in [4.78, 5) is 4.73. The zero-order valence-electron chi connectivity index (χ0n) is 12.2. The lowest BCUT2D eigenvalue weighted by Gasteiger charge is -2.14. The first kappa shape index (κ1) is 14.5. The number of aromatic nitrogens is 1. The van der Waals surface area contributed by atoms with Gasteiger partial charge in [0.2, 0.25) is 0 Å². The highest BCUT2D eigenvalue weighted by molar-refractivity contribution is 5.93. The number of hydrogen-bond donors (Lipinski definition) is 3. The molecule has 0 aliphatic carbocycles. The first-order valence-corrected chi connectivity index (χ1v) is 7.35. The molecule has 112 valence electrons. The molecule has 0 bridgehead atoms. The van der Waals surface area contributed by atoms with Gasteiger partial charge in [0, 0.05) is 29.7 Å². The molecule has 1 aromatic heterocycles. The van der Waals surface area contributed by atoms with Gasteiger partial charge in [-0.25, -0.2) is 4.98 Å². The lowest BCUT2D eigenvalue weighted by molar-refractivity contribution is 0.196. The van der Waals surface area contributed by atoms with E-state index >= 15 is 0 Å². The van der Waals surface area contributed by atoms with Gasteiger partial charge in [-0.1, -0.05) is 48.5 Å². The predicted molar refractivity (Wildman–Crippen MR) is 90.7 cm³/mol. The first-order valence-electron chi connectivity index (χ1n) is 7.35. The van der Waals surface area contributed by atoms with Gasteiger partial charge in [-0.2, -0.15) is 0 Å². The average molecular weight is 293 g/mol. The van der Waals surface area contributed by atoms with Crippen LogP contribution in [0.2, 0.25) is 0 Å². The van der Waals surface area contributed by atoms with Crippen molar-refractivity contribution in [2.24, 2.45) is 5.73 Å². The second kappa shape index (κ2) is 6.56. The standard InChI is InChI=1S/C18H19N3O/c19-11-14(22)12-20-18-10-17(13-6-2-1-3-7-13)21-16-9-5-4-8-15(16)18/h1-10,14,22H,11-12,19H2,(H,20,21)/t14-/m0/s1. The Balaban J connectivity index is 2.04. The number of nitrogens with two attached hydrogens (primary N) is 1. The molecule has 1 atom stereocenters. The topological polar surface area (TPSA) is 71.2 Å². The van der Waals surface area contributed by atoms with Gasteiger partial charge in [0.1, 0.15) is 0 Å². The second-order valence-electron chi connectivity index (χ2n) is 5.21. The van der Waals surface area contributed by atoms with E-state index in [9.17, 15) is 5.11 Å². The van der Waals surface area contributed by atoms with Crippen molar-refractivity contribution in [1.29, 1.82) is 0 Å². The average Bonchev–Trinajstić information content (AvgIpc) is 2.59. The van der Waals surface area contributed by atoms with E-state index in [0.29, 0.717) is 6.54 Å². The molecule has 2 aromatic carbocycles. The normalized spacial score (nSPS) is 12.3. The molecule has 4 nitrogen and oxygen atoms in total. The summed E-state index contributed by atoms with van der Waals surface area (Å²) < 4.78 is 0. The maximum Gasteiger partial charge on any atom is 0.0834 e. The molecular formula is C18H19N3O. The van der Waals surface area contributed by atoms with E-state index in [4.69, 9.17) is 10.7 Å². The van der Waals surface area contributed by atoms with Crippen LogP contribution in [0.5, 0.6) is 0 Å². The van der Waals surface area contributed by atoms with E-state index in [0.717, 1.165) is 27.8 Å². The number of nitrogens with one attached hydrogen (secondary N) is 1. The van der Waals surface area contributed by atoms with E-state index in [2.05, 4.69) is 5.32 Å². The van der Waals surface area contributed by atoms with E-state index < -0.39 is 6.10 Å². The largest absolute Gasteiger partial charge is 0.390 e. The molecule has 0 aliphatic rings. The summed E-state index contributed by atoms with van der Waals surface area (Å²) in [5.74, 6) is 0. The Morgan fingerprint density at radius 1 is 1.05 bits per heavy atom. The fraction of sp³-hybridized carbons (Fsp3) is 0.167. The molecule has 0 fully saturated rings. The minimum atomic E-state index is -0.563. The van der Waals surface area contributed by atoms with Crippen LogP contribution in [0.4, 0.5) is 5.69 Å². The molecular weight excluding hydrogens is 274 g/mol. The molecule has 0 aliphatic heterocycles. The highest BCUT2D eigenvalue weighted by atomic mass is 16.3. The first-order chi connectivity index (χ1) is 10.8. The van der Waals surface area contributed by atoms with E-state index in [1.165, 1.54) is 0 Å². The van der Waals surface area contributed by atoms with Crippen molar-refractivity contribution in [2.45, 2.75) is 6.10 Å². The zero-order valence-corrected chi connectivity index (χ0v) is 12.2. The van der Waals surface area contributed by atoms with Crippen LogP contribution in [0.1, 0.15) is 0 Å². The van der Waals surface area contributed by atoms with Crippen molar-refractivity contribution in [1.82, 2.24) is 4.98 Å². The van der Waals surface area contributed by atoms with Gasteiger partial charge < -0.3 is 16.2 Å². The third-order valence-electron chi connectivity index (χ3n) is 3.59. The summed E-state index contributed by atoms with van der Waals surface area (Å²) >= 11 is 0. The van der Waals surface area contributed by atoms with Gasteiger partial charge in [0.25, 0.3) is 0 Å². The number of hydrogen-bond acceptors (Lipinski definition) is 4. The van der Waals surface area contributed by atoms with E-state index in [1.54, 1.807) is 0 Å². The minimum absolute atomic E-state index is 0.238. The van der Waals surface area contributed by atoms with Crippen molar-refractivity contribution in [3.05, 3.63) is 60.7 Å². The summed E-state index contributed by atoms with van der Waals surface area (Å²) in [6.07, 6.45) is -0.563. The van der Waals surface area contributed by atoms with Gasteiger partial charge >= 0.3 is 0 Å². The molecule has 0 saturated heterocycles. The number of aliphatic hydroxyl groups is 1. The molecule has 22 heavy (non-hydrogen) atoms. The summed E-state index contributed by atoms with van der Waals surface area (Å²) in [7, 11) is 0. The zero-order chi connectivity index (χ0) is 15.4. The second-order valence-corrected chi connectivity index (χ2v) is 5.21. The Kier molecular flexibility index (Phi) is 4.32. The van der Waals surface area contributed by atoms with Crippen LogP contribution in [0.15, 0.2) is 60.7 Å². The quantitative estimate of drug-likeness (QED) is 0.676. The molecule has 0 spiro atoms. The summed E-state index contributed by atoms with van der Waals surface area (Å²) in [6, 6.07) is 20.0. The van der Waals surface area contributed by atoms with Crippen molar-refractivity contribution in [3.8, 4) is 11.3 Å². The van der Waals surface area contributed by atoms with Crippen molar-refractivity contribution >= 4 is 16.6 Å². The molecule has 1 heterocycles. The Morgan fingerprint density at radius 3 is 2.55 bits per heavy atom. The van der Waals surface area contributed by atoms with Gasteiger partial charge in [-0.05, 0) is 12.1 Å². The number of aliphatic hydroxyl groups excluding tert-OH is 1. The SMILES string of the molecule is NC[C@H](O)CNc1cc(-c2ccccc2)nc2ccccc12. The lowest BCUT2D eigenvalue weighted by atomic mass is 10.1. The predicted octanol–water partition coefficient (Wildman–Crippen LogP) is 2.63. The van der Waals surface area contributed by atoms with Gasteiger partial charge in [0.05, 0.1) is 17.3 Å². The Hall–Kier alpha value is -2.43. The fourth-order valence-electron chi connectivity index (χ4n) is 2.39. The Bertz CT molecular complexity index is 759. The van der Waals surface area contributed by atoms with Crippen molar-refractivity contribution < 1.29 is 5.11 Å². The van der Waals surface area contributed by atoms with E-state index in [-0.39, 0.29) is 6.54 Å². The molecule has 0 unspecified atom stereocenters. The fourth-order valence-corrected chi connectivity index (χ4v) is 2.39. The van der Waals surface area contributed by atoms with Crippen LogP contribution < -0.4 is 11.1 Å². The highest BCUT2D eigenvalue weighted by Gasteiger charge is 2.08. The van der Waals surface area contributed by atoms with Gasteiger partial charge in [-0.15, -0.1) is 0 Å².